The van der Waals surface area contributed by atoms with Gasteiger partial charge in [0, 0.05) is 0 Å². The number of rotatable bonds is 5. The van der Waals surface area contributed by atoms with Crippen molar-refractivity contribution in [2.45, 2.75) is 32.9 Å². The van der Waals surface area contributed by atoms with E-state index in [0.29, 0.717) is 6.61 Å². The fourth-order valence-electron chi connectivity index (χ4n) is 0.716. The fraction of sp³-hybridized carbons (Fsp3) is 0.857. The van der Waals surface area contributed by atoms with Crippen LogP contribution in [0.1, 0.15) is 6.92 Å². The average molecular weight is 252 g/mol. The molecular weight excluding hydrogens is 235 g/mol. The minimum absolute atomic E-state index is 0.0431. The van der Waals surface area contributed by atoms with Crippen LogP contribution in [0, 0.1) is 0 Å². The molecule has 0 bridgehead atoms. The molecule has 0 heterocycles. The Labute approximate surface area is 84.7 Å². The van der Waals surface area contributed by atoms with Gasteiger partial charge in [0.05, 0.1) is 0 Å². The third-order valence-electron chi connectivity index (χ3n) is 0.934. The van der Waals surface area contributed by atoms with Crippen LogP contribution in [0.5, 0.6) is 0 Å². The first kappa shape index (κ1) is 11.9. The summed E-state index contributed by atoms with van der Waals surface area (Å²) in [6.45, 7) is 9.15. The summed E-state index contributed by atoms with van der Waals surface area (Å²) in [5, 5.41) is 0. The van der Waals surface area contributed by atoms with E-state index in [1.807, 2.05) is 6.92 Å². The van der Waals surface area contributed by atoms with E-state index < -0.39 is 8.32 Å². The number of ether oxygens (including phenoxy) is 1. The van der Waals surface area contributed by atoms with Gasteiger partial charge in [-0.25, -0.2) is 0 Å². The molecule has 0 aromatic carbocycles. The monoisotopic (exact) mass is 250 g/mol. The SMILES string of the molecule is CC(OC[CH]=[Zr+2])O[Si](C)(C)C. The molecule has 1 atom stereocenters. The van der Waals surface area contributed by atoms with E-state index in [-0.39, 0.29) is 6.29 Å². The number of hydrogen-bond acceptors (Lipinski definition) is 2. The van der Waals surface area contributed by atoms with Crippen molar-refractivity contribution in [1.82, 2.24) is 0 Å². The minimum atomic E-state index is -1.40. The molecular formula is C7H16O2SiZr+2. The van der Waals surface area contributed by atoms with Gasteiger partial charge in [-0.2, -0.15) is 0 Å². The summed E-state index contributed by atoms with van der Waals surface area (Å²) in [7, 11) is -1.40. The van der Waals surface area contributed by atoms with E-state index in [9.17, 15) is 0 Å². The normalized spacial score (nSPS) is 14.7. The van der Waals surface area contributed by atoms with Gasteiger partial charge in [0.15, 0.2) is 0 Å². The van der Waals surface area contributed by atoms with Crippen molar-refractivity contribution in [2.75, 3.05) is 6.61 Å². The molecule has 4 heteroatoms. The Balaban J connectivity index is 3.51. The molecule has 0 spiro atoms. The van der Waals surface area contributed by atoms with Gasteiger partial charge in [-0.3, -0.25) is 0 Å². The molecule has 0 aromatic rings. The summed E-state index contributed by atoms with van der Waals surface area (Å²) < 4.78 is 13.1. The second-order valence-corrected chi connectivity index (χ2v) is 8.80. The van der Waals surface area contributed by atoms with Crippen molar-refractivity contribution >= 4 is 12.0 Å². The van der Waals surface area contributed by atoms with E-state index in [1.54, 1.807) is 0 Å². The Morgan fingerprint density at radius 3 is 2.36 bits per heavy atom. The molecule has 0 rings (SSSR count). The first-order chi connectivity index (χ1) is 4.95. The van der Waals surface area contributed by atoms with Crippen LogP contribution in [-0.4, -0.2) is 24.9 Å². The molecule has 1 unspecified atom stereocenters. The zero-order valence-electron chi connectivity index (χ0n) is 7.68. The maximum atomic E-state index is 5.65. The average Bonchev–Trinajstić information content (AvgIpc) is 1.79. The standard InChI is InChI=1S/C7H16O2Si.Zr/c1-6-8-7(2)9-10(3,4)5;/h1,7H,6H2,2-5H3;/q;+2. The molecule has 0 aliphatic carbocycles. The van der Waals surface area contributed by atoms with Gasteiger partial charge in [-0.05, 0) is 0 Å². The van der Waals surface area contributed by atoms with Gasteiger partial charge in [0.25, 0.3) is 0 Å². The van der Waals surface area contributed by atoms with E-state index in [0.717, 1.165) is 0 Å². The predicted octanol–water partition coefficient (Wildman–Crippen LogP) is 1.55. The molecule has 0 saturated heterocycles. The molecule has 62 valence electrons. The first-order valence-electron chi connectivity index (χ1n) is 3.74. The van der Waals surface area contributed by atoms with Crippen LogP contribution in [0.4, 0.5) is 0 Å². The molecule has 11 heavy (non-hydrogen) atoms. The van der Waals surface area contributed by atoms with Gasteiger partial charge >= 0.3 is 84.9 Å². The van der Waals surface area contributed by atoms with Crippen molar-refractivity contribution in [3.63, 3.8) is 0 Å². The number of hydrogen-bond donors (Lipinski definition) is 0. The molecule has 0 aliphatic rings. The topological polar surface area (TPSA) is 18.5 Å². The van der Waals surface area contributed by atoms with E-state index in [4.69, 9.17) is 9.16 Å². The molecule has 0 amide bonds. The third-order valence-corrected chi connectivity index (χ3v) is 2.38. The van der Waals surface area contributed by atoms with Crippen molar-refractivity contribution in [2.24, 2.45) is 0 Å². The Morgan fingerprint density at radius 2 is 2.00 bits per heavy atom. The van der Waals surface area contributed by atoms with E-state index in [2.05, 4.69) is 23.3 Å². The van der Waals surface area contributed by atoms with Gasteiger partial charge in [-0.1, -0.05) is 0 Å². The fourth-order valence-corrected chi connectivity index (χ4v) is 2.02. The molecule has 0 aliphatic heterocycles. The second-order valence-electron chi connectivity index (χ2n) is 3.34. The van der Waals surface area contributed by atoms with Gasteiger partial charge in [-0.15, -0.1) is 0 Å². The zero-order valence-corrected chi connectivity index (χ0v) is 11.1. The Morgan fingerprint density at radius 1 is 1.45 bits per heavy atom. The summed E-state index contributed by atoms with van der Waals surface area (Å²) in [4.78, 5) is 0. The summed E-state index contributed by atoms with van der Waals surface area (Å²) in [6, 6.07) is 0. The second kappa shape index (κ2) is 5.52. The summed E-state index contributed by atoms with van der Waals surface area (Å²) in [5.74, 6) is 0. The van der Waals surface area contributed by atoms with Crippen LogP contribution >= 0.6 is 0 Å². The van der Waals surface area contributed by atoms with Crippen LogP contribution < -0.4 is 0 Å². The molecule has 0 aromatic heterocycles. The zero-order chi connectivity index (χ0) is 8.91. The maximum absolute atomic E-state index is 5.65. The quantitative estimate of drug-likeness (QED) is 0.545. The summed E-state index contributed by atoms with van der Waals surface area (Å²) in [6.07, 6.45) is -0.0431. The van der Waals surface area contributed by atoms with Crippen molar-refractivity contribution < 1.29 is 33.4 Å². The van der Waals surface area contributed by atoms with Crippen LogP contribution in [0.2, 0.25) is 19.6 Å². The van der Waals surface area contributed by atoms with Gasteiger partial charge in [0.2, 0.25) is 0 Å². The molecule has 0 saturated carbocycles. The summed E-state index contributed by atoms with van der Waals surface area (Å²) in [5.41, 5.74) is 0. The predicted molar refractivity (Wildman–Crippen MR) is 45.9 cm³/mol. The van der Waals surface area contributed by atoms with Gasteiger partial charge < -0.3 is 0 Å². The van der Waals surface area contributed by atoms with Crippen LogP contribution in [0.3, 0.4) is 0 Å². The Kier molecular flexibility index (Phi) is 5.97. The Bertz CT molecular complexity index is 122. The van der Waals surface area contributed by atoms with Gasteiger partial charge in [0.1, 0.15) is 0 Å². The third kappa shape index (κ3) is 8.80. The van der Waals surface area contributed by atoms with Crippen LogP contribution in [-0.2, 0) is 33.4 Å². The van der Waals surface area contributed by atoms with E-state index in [1.165, 1.54) is 24.2 Å². The molecule has 0 fully saturated rings. The summed E-state index contributed by atoms with van der Waals surface area (Å²) >= 11 is 1.40. The van der Waals surface area contributed by atoms with E-state index >= 15 is 0 Å². The van der Waals surface area contributed by atoms with Crippen molar-refractivity contribution in [3.8, 4) is 0 Å². The first-order valence-corrected chi connectivity index (χ1v) is 8.57. The molecule has 0 radical (unpaired) electrons. The van der Waals surface area contributed by atoms with Crippen molar-refractivity contribution in [1.29, 1.82) is 0 Å². The Hall–Kier alpha value is 0.890. The molecule has 2 nitrogen and oxygen atoms in total. The van der Waals surface area contributed by atoms with Crippen molar-refractivity contribution in [3.05, 3.63) is 0 Å². The molecule has 0 N–H and O–H groups in total. The van der Waals surface area contributed by atoms with Crippen LogP contribution in [0.15, 0.2) is 0 Å². The van der Waals surface area contributed by atoms with Crippen LogP contribution in [0.25, 0.3) is 0 Å².